The second-order valence-corrected chi connectivity index (χ2v) is 11.3. The number of alkyl halides is 3. The largest absolute Gasteiger partial charge is 0.419 e. The molecule has 0 radical (unpaired) electrons. The number of anilines is 2. The fourth-order valence-electron chi connectivity index (χ4n) is 6.35. The van der Waals surface area contributed by atoms with E-state index < -0.39 is 52.0 Å². The fraction of sp³-hybridized carbons (Fsp3) is 0.483. The number of halogens is 4. The molecular weight excluding hydrogens is 544 g/mol. The Balaban J connectivity index is 1.43. The molecule has 0 spiro atoms. The number of hydrogen-bond acceptors (Lipinski definition) is 5. The second-order valence-electron chi connectivity index (χ2n) is 11.3. The van der Waals surface area contributed by atoms with E-state index in [-0.39, 0.29) is 47.5 Å². The zero-order valence-corrected chi connectivity index (χ0v) is 22.6. The Hall–Kier alpha value is -3.51. The van der Waals surface area contributed by atoms with Crippen molar-refractivity contribution in [3.8, 4) is 0 Å². The average molecular weight is 577 g/mol. The fourth-order valence-corrected chi connectivity index (χ4v) is 6.35. The Morgan fingerprint density at radius 2 is 1.88 bits per heavy atom. The van der Waals surface area contributed by atoms with Crippen molar-refractivity contribution in [2.45, 2.75) is 63.6 Å². The van der Waals surface area contributed by atoms with Crippen LogP contribution in [0.5, 0.6) is 0 Å². The van der Waals surface area contributed by atoms with E-state index in [9.17, 15) is 37.1 Å². The summed E-state index contributed by atoms with van der Waals surface area (Å²) in [5.41, 5.74) is -3.37. The van der Waals surface area contributed by atoms with Crippen LogP contribution < -0.4 is 10.6 Å². The standard InChI is InChI=1S/C29H32F4N4O4/c1-16-24(26(39)17-5-7-28(41,8-6-17)14-37-9-3-2-4-10-37)25(29(31,32)33)23(35-16)12-19-18-11-20(30)22(34-15-38)13-21(18)36-27(19)40/h11-13,15,17,35,41H,2-10,14H2,1H3,(H,34,38)(H,36,40)/b19-12-. The van der Waals surface area contributed by atoms with E-state index in [4.69, 9.17) is 0 Å². The topological polar surface area (TPSA) is 115 Å². The minimum Gasteiger partial charge on any atom is -0.389 e. The van der Waals surface area contributed by atoms with Crippen LogP contribution in [0.4, 0.5) is 28.9 Å². The van der Waals surface area contributed by atoms with Gasteiger partial charge in [-0.15, -0.1) is 0 Å². The van der Waals surface area contributed by atoms with Gasteiger partial charge in [0.25, 0.3) is 5.91 Å². The number of benzene rings is 1. The van der Waals surface area contributed by atoms with Crippen LogP contribution in [0.25, 0.3) is 11.6 Å². The predicted octanol–water partition coefficient (Wildman–Crippen LogP) is 5.13. The van der Waals surface area contributed by atoms with Gasteiger partial charge in [-0.1, -0.05) is 6.42 Å². The number of likely N-dealkylation sites (tertiary alicyclic amines) is 1. The number of aromatic amines is 1. The second kappa shape index (κ2) is 11.1. The molecule has 2 fully saturated rings. The van der Waals surface area contributed by atoms with Gasteiger partial charge in [0.15, 0.2) is 5.78 Å². The smallest absolute Gasteiger partial charge is 0.389 e. The third-order valence-corrected chi connectivity index (χ3v) is 8.39. The molecule has 1 aromatic heterocycles. The molecule has 2 aromatic rings. The maximum atomic E-state index is 14.5. The number of Topliss-reactive ketones (excluding diaryl/α,β-unsaturated/α-hetero) is 1. The molecule has 12 heteroatoms. The van der Waals surface area contributed by atoms with Gasteiger partial charge in [0, 0.05) is 23.7 Å². The highest BCUT2D eigenvalue weighted by Crippen LogP contribution is 2.43. The van der Waals surface area contributed by atoms with Crippen LogP contribution in [-0.2, 0) is 15.8 Å². The summed E-state index contributed by atoms with van der Waals surface area (Å²) in [5, 5.41) is 15.8. The average Bonchev–Trinajstić information content (AvgIpc) is 3.40. The van der Waals surface area contributed by atoms with E-state index in [1.54, 1.807) is 0 Å². The number of β-amino-alcohol motifs (C(OH)–C–C–N with tert-alkyl or cyclic N) is 1. The highest BCUT2D eigenvalue weighted by Gasteiger charge is 2.44. The van der Waals surface area contributed by atoms with Crippen molar-refractivity contribution >= 4 is 41.1 Å². The molecule has 3 heterocycles. The molecule has 3 aliphatic rings. The van der Waals surface area contributed by atoms with Crippen LogP contribution >= 0.6 is 0 Å². The minimum atomic E-state index is -4.92. The van der Waals surface area contributed by atoms with E-state index >= 15 is 0 Å². The highest BCUT2D eigenvalue weighted by atomic mass is 19.4. The van der Waals surface area contributed by atoms with Gasteiger partial charge in [-0.05, 0) is 76.7 Å². The van der Waals surface area contributed by atoms with Crippen molar-refractivity contribution in [3.05, 3.63) is 46.0 Å². The van der Waals surface area contributed by atoms with Gasteiger partial charge in [0.1, 0.15) is 5.82 Å². The van der Waals surface area contributed by atoms with Crippen LogP contribution in [0.15, 0.2) is 12.1 Å². The summed E-state index contributed by atoms with van der Waals surface area (Å²) in [6.07, 6.45) is 0.806. The quantitative estimate of drug-likeness (QED) is 0.158. The van der Waals surface area contributed by atoms with Crippen molar-refractivity contribution in [1.82, 2.24) is 9.88 Å². The number of nitrogens with one attached hydrogen (secondary N) is 3. The van der Waals surface area contributed by atoms with Gasteiger partial charge in [-0.2, -0.15) is 13.2 Å². The van der Waals surface area contributed by atoms with Crippen LogP contribution in [0, 0.1) is 18.7 Å². The van der Waals surface area contributed by atoms with Crippen molar-refractivity contribution in [2.24, 2.45) is 5.92 Å². The third-order valence-electron chi connectivity index (χ3n) is 8.39. The van der Waals surface area contributed by atoms with Crippen LogP contribution in [0.2, 0.25) is 0 Å². The summed E-state index contributed by atoms with van der Waals surface area (Å²) in [4.78, 5) is 41.8. The summed E-state index contributed by atoms with van der Waals surface area (Å²) in [6.45, 7) is 3.69. The van der Waals surface area contributed by atoms with E-state index in [0.29, 0.717) is 19.4 Å². The van der Waals surface area contributed by atoms with E-state index in [0.717, 1.165) is 44.5 Å². The number of carbonyl (C=O) groups excluding carboxylic acids is 3. The van der Waals surface area contributed by atoms with Crippen molar-refractivity contribution in [1.29, 1.82) is 0 Å². The number of rotatable bonds is 7. The number of H-pyrrole nitrogens is 1. The van der Waals surface area contributed by atoms with Gasteiger partial charge >= 0.3 is 6.18 Å². The Morgan fingerprint density at radius 3 is 2.51 bits per heavy atom. The number of hydrogen-bond donors (Lipinski definition) is 4. The molecule has 41 heavy (non-hydrogen) atoms. The number of ketones is 1. The number of amides is 2. The maximum Gasteiger partial charge on any atom is 0.419 e. The molecule has 1 saturated heterocycles. The summed E-state index contributed by atoms with van der Waals surface area (Å²) < 4.78 is 57.8. The van der Waals surface area contributed by atoms with Gasteiger partial charge in [0.05, 0.1) is 39.4 Å². The normalized spacial score (nSPS) is 24.3. The number of aromatic nitrogens is 1. The Kier molecular flexibility index (Phi) is 7.82. The van der Waals surface area contributed by atoms with Crippen LogP contribution in [-0.4, -0.2) is 58.3 Å². The first-order valence-electron chi connectivity index (χ1n) is 13.8. The van der Waals surface area contributed by atoms with Crippen molar-refractivity contribution in [3.63, 3.8) is 0 Å². The predicted molar refractivity (Wildman–Crippen MR) is 145 cm³/mol. The summed E-state index contributed by atoms with van der Waals surface area (Å²) in [6, 6.07) is 2.13. The minimum absolute atomic E-state index is 0.0127. The first kappa shape index (κ1) is 29.0. The Morgan fingerprint density at radius 1 is 1.20 bits per heavy atom. The first-order chi connectivity index (χ1) is 19.4. The molecule has 0 bridgehead atoms. The van der Waals surface area contributed by atoms with Gasteiger partial charge in [-0.25, -0.2) is 4.39 Å². The summed E-state index contributed by atoms with van der Waals surface area (Å²) in [5.74, 6) is -2.95. The molecule has 1 aliphatic carbocycles. The Labute approximate surface area is 234 Å². The summed E-state index contributed by atoms with van der Waals surface area (Å²) in [7, 11) is 0. The van der Waals surface area contributed by atoms with Crippen molar-refractivity contribution in [2.75, 3.05) is 30.3 Å². The molecule has 0 unspecified atom stereocenters. The molecule has 1 aromatic carbocycles. The molecule has 1 saturated carbocycles. The van der Waals surface area contributed by atoms with E-state index in [1.807, 2.05) is 0 Å². The number of nitrogens with zero attached hydrogens (tertiary/aromatic N) is 1. The van der Waals surface area contributed by atoms with Crippen molar-refractivity contribution < 1.29 is 37.1 Å². The molecule has 5 rings (SSSR count). The molecular formula is C29H32F4N4O4. The lowest BCUT2D eigenvalue weighted by Crippen LogP contribution is -2.47. The molecule has 220 valence electrons. The van der Waals surface area contributed by atoms with Gasteiger partial charge < -0.3 is 25.6 Å². The molecule has 8 nitrogen and oxygen atoms in total. The highest BCUT2D eigenvalue weighted by molar-refractivity contribution is 6.35. The van der Waals surface area contributed by atoms with Crippen LogP contribution in [0.3, 0.4) is 0 Å². The lowest BCUT2D eigenvalue weighted by molar-refractivity contribution is -0.138. The molecule has 4 N–H and O–H groups in total. The number of carbonyl (C=O) groups is 3. The molecule has 2 amide bonds. The van der Waals surface area contributed by atoms with Gasteiger partial charge in [-0.3, -0.25) is 14.4 Å². The molecule has 0 atom stereocenters. The number of aliphatic hydroxyl groups is 1. The monoisotopic (exact) mass is 576 g/mol. The zero-order chi connectivity index (χ0) is 29.5. The lowest BCUT2D eigenvalue weighted by Gasteiger charge is -2.40. The molecule has 2 aliphatic heterocycles. The van der Waals surface area contributed by atoms with E-state index in [2.05, 4.69) is 20.5 Å². The number of fused-ring (bicyclic) bond motifs is 1. The Bertz CT molecular complexity index is 1400. The third kappa shape index (κ3) is 5.80. The first-order valence-corrected chi connectivity index (χ1v) is 13.8. The van der Waals surface area contributed by atoms with Gasteiger partial charge in [0.2, 0.25) is 6.41 Å². The SMILES string of the molecule is Cc1[nH]c(/C=C2\C(=O)Nc3cc(NC=O)c(F)cc32)c(C(F)(F)F)c1C(=O)C1CCC(O)(CN2CCCCC2)CC1. The zero-order valence-electron chi connectivity index (χ0n) is 22.6. The van der Waals surface area contributed by atoms with Crippen LogP contribution in [0.1, 0.15) is 77.8 Å². The number of piperidine rings is 1. The number of aryl methyl sites for hydroxylation is 1. The summed E-state index contributed by atoms with van der Waals surface area (Å²) >= 11 is 0. The van der Waals surface area contributed by atoms with E-state index in [1.165, 1.54) is 13.0 Å². The lowest BCUT2D eigenvalue weighted by atomic mass is 9.75. The maximum absolute atomic E-state index is 14.5.